The number of nitrogens with zero attached hydrogens (tertiary/aromatic N) is 1. The predicted octanol–water partition coefficient (Wildman–Crippen LogP) is 2.89. The zero-order chi connectivity index (χ0) is 22.9. The maximum Gasteiger partial charge on any atom is 0.252 e. The molecule has 1 aliphatic heterocycles. The number of H-pyrrole nitrogens is 1. The van der Waals surface area contributed by atoms with Gasteiger partial charge < -0.3 is 14.5 Å². The molecule has 1 saturated heterocycles. The topological polar surface area (TPSA) is 88.7 Å². The fraction of sp³-hybridized carbons (Fsp3) is 0.348. The van der Waals surface area contributed by atoms with E-state index in [2.05, 4.69) is 4.98 Å². The third-order valence-electron chi connectivity index (χ3n) is 5.48. The van der Waals surface area contributed by atoms with Gasteiger partial charge in [0.25, 0.3) is 5.56 Å². The Kier molecular flexibility index (Phi) is 6.43. The summed E-state index contributed by atoms with van der Waals surface area (Å²) in [6.45, 7) is 4.80. The molecular weight excluding hydrogens is 435 g/mol. The van der Waals surface area contributed by atoms with Gasteiger partial charge in [-0.1, -0.05) is 6.07 Å². The van der Waals surface area contributed by atoms with Gasteiger partial charge >= 0.3 is 0 Å². The molecular formula is C23H25FN2O5S. The normalized spacial score (nSPS) is 17.2. The monoisotopic (exact) mass is 460 g/mol. The summed E-state index contributed by atoms with van der Waals surface area (Å²) >= 11 is 0. The van der Waals surface area contributed by atoms with Crippen molar-refractivity contribution >= 4 is 20.9 Å². The molecule has 0 aliphatic carbocycles. The summed E-state index contributed by atoms with van der Waals surface area (Å²) < 4.78 is 52.4. The minimum Gasteiger partial charge on any atom is -0.376 e. The van der Waals surface area contributed by atoms with Gasteiger partial charge in [0.1, 0.15) is 5.82 Å². The van der Waals surface area contributed by atoms with Crippen molar-refractivity contribution in [1.82, 2.24) is 9.29 Å². The van der Waals surface area contributed by atoms with Crippen molar-refractivity contribution in [3.8, 4) is 0 Å². The van der Waals surface area contributed by atoms with Gasteiger partial charge in [0.15, 0.2) is 0 Å². The van der Waals surface area contributed by atoms with E-state index in [0.29, 0.717) is 24.3 Å². The highest BCUT2D eigenvalue weighted by atomic mass is 32.2. The molecule has 2 heterocycles. The molecule has 0 amide bonds. The first-order valence-corrected chi connectivity index (χ1v) is 11.8. The van der Waals surface area contributed by atoms with Crippen molar-refractivity contribution in [2.75, 3.05) is 26.4 Å². The number of rotatable bonds is 6. The average Bonchev–Trinajstić information content (AvgIpc) is 2.75. The minimum absolute atomic E-state index is 0.00403. The summed E-state index contributed by atoms with van der Waals surface area (Å²) in [4.78, 5) is 15.6. The number of nitrogens with one attached hydrogen (secondary N) is 1. The Balaban J connectivity index is 1.74. The van der Waals surface area contributed by atoms with Crippen LogP contribution >= 0.6 is 0 Å². The lowest BCUT2D eigenvalue weighted by atomic mass is 10.0. The molecule has 9 heteroatoms. The molecule has 4 rings (SSSR count). The highest BCUT2D eigenvalue weighted by Gasteiger charge is 2.30. The molecule has 1 unspecified atom stereocenters. The van der Waals surface area contributed by atoms with E-state index in [1.807, 2.05) is 26.0 Å². The molecule has 1 aliphatic rings. The quantitative estimate of drug-likeness (QED) is 0.611. The summed E-state index contributed by atoms with van der Waals surface area (Å²) in [7, 11) is -4.02. The zero-order valence-electron chi connectivity index (χ0n) is 17.9. The Hall–Kier alpha value is -2.59. The van der Waals surface area contributed by atoms with Crippen LogP contribution in [0, 0.1) is 19.7 Å². The second-order valence-electron chi connectivity index (χ2n) is 7.99. The molecule has 170 valence electrons. The van der Waals surface area contributed by atoms with Gasteiger partial charge in [0.05, 0.1) is 30.8 Å². The maximum absolute atomic E-state index is 13.4. The van der Waals surface area contributed by atoms with E-state index in [-0.39, 0.29) is 30.2 Å². The van der Waals surface area contributed by atoms with Gasteiger partial charge in [-0.15, -0.1) is 0 Å². The molecule has 0 saturated carbocycles. The number of aromatic nitrogens is 1. The average molecular weight is 461 g/mol. The summed E-state index contributed by atoms with van der Waals surface area (Å²) in [5, 5.41) is 0.849. The van der Waals surface area contributed by atoms with E-state index < -0.39 is 21.9 Å². The van der Waals surface area contributed by atoms with Crippen molar-refractivity contribution in [3.63, 3.8) is 0 Å². The second kappa shape index (κ2) is 9.11. The van der Waals surface area contributed by atoms with Crippen LogP contribution in [0.2, 0.25) is 0 Å². The Morgan fingerprint density at radius 3 is 2.56 bits per heavy atom. The van der Waals surface area contributed by atoms with E-state index >= 15 is 0 Å². The van der Waals surface area contributed by atoms with E-state index in [1.165, 1.54) is 16.4 Å². The lowest BCUT2D eigenvalue weighted by Gasteiger charge is -2.29. The Bertz CT molecular complexity index is 1280. The van der Waals surface area contributed by atoms with Gasteiger partial charge in [0, 0.05) is 29.6 Å². The fourth-order valence-electron chi connectivity index (χ4n) is 3.90. The van der Waals surface area contributed by atoms with Crippen molar-refractivity contribution in [1.29, 1.82) is 0 Å². The molecule has 7 nitrogen and oxygen atoms in total. The van der Waals surface area contributed by atoms with Crippen LogP contribution in [0.25, 0.3) is 10.9 Å². The number of ether oxygens (including phenoxy) is 2. The Morgan fingerprint density at radius 1 is 1.12 bits per heavy atom. The predicted molar refractivity (Wildman–Crippen MR) is 119 cm³/mol. The van der Waals surface area contributed by atoms with Crippen molar-refractivity contribution < 1.29 is 22.3 Å². The molecule has 3 aromatic rings. The first kappa shape index (κ1) is 22.6. The number of hydrogen-bond donors (Lipinski definition) is 1. The maximum atomic E-state index is 13.4. The van der Waals surface area contributed by atoms with Crippen LogP contribution in [0.4, 0.5) is 4.39 Å². The number of hydrogen-bond acceptors (Lipinski definition) is 5. The first-order valence-electron chi connectivity index (χ1n) is 10.3. The third kappa shape index (κ3) is 4.75. The minimum atomic E-state index is -4.02. The summed E-state index contributed by atoms with van der Waals surface area (Å²) in [5.41, 5.74) is 2.66. The van der Waals surface area contributed by atoms with Crippen LogP contribution in [0.3, 0.4) is 0 Å². The molecule has 1 aromatic heterocycles. The number of aromatic amines is 1. The number of benzene rings is 2. The Labute approximate surface area is 185 Å². The van der Waals surface area contributed by atoms with Gasteiger partial charge in [0.2, 0.25) is 10.0 Å². The van der Waals surface area contributed by atoms with Crippen molar-refractivity contribution in [2.24, 2.45) is 0 Å². The SMILES string of the molecule is Cc1cc(C)c2cc(CN(CC3COCCO3)S(=O)(=O)c3ccc(F)cc3)c(=O)[nH]c2c1. The smallest absolute Gasteiger partial charge is 0.252 e. The number of fused-ring (bicyclic) bond motifs is 1. The second-order valence-corrected chi connectivity index (χ2v) is 9.92. The van der Waals surface area contributed by atoms with Crippen LogP contribution in [0.5, 0.6) is 0 Å². The van der Waals surface area contributed by atoms with Gasteiger partial charge in [-0.2, -0.15) is 4.31 Å². The molecule has 32 heavy (non-hydrogen) atoms. The number of halogens is 1. The van der Waals surface area contributed by atoms with Crippen LogP contribution in [0.15, 0.2) is 52.2 Å². The number of sulfonamides is 1. The lowest BCUT2D eigenvalue weighted by molar-refractivity contribution is -0.0923. The zero-order valence-corrected chi connectivity index (χ0v) is 18.7. The van der Waals surface area contributed by atoms with Crippen LogP contribution in [-0.2, 0) is 26.0 Å². The summed E-state index contributed by atoms with van der Waals surface area (Å²) in [5.74, 6) is -0.531. The molecule has 1 N–H and O–H groups in total. The molecule has 0 spiro atoms. The van der Waals surface area contributed by atoms with Crippen LogP contribution in [0.1, 0.15) is 16.7 Å². The van der Waals surface area contributed by atoms with Gasteiger partial charge in [-0.3, -0.25) is 4.79 Å². The Morgan fingerprint density at radius 2 is 1.88 bits per heavy atom. The van der Waals surface area contributed by atoms with Crippen LogP contribution in [-0.4, -0.2) is 50.2 Å². The molecule has 0 radical (unpaired) electrons. The standard InChI is InChI=1S/C23H25FN2O5S/c1-15-9-16(2)21-11-17(23(27)25-22(21)10-15)12-26(13-19-14-30-7-8-31-19)32(28,29)20-5-3-18(24)4-6-20/h3-6,9-11,19H,7-8,12-14H2,1-2H3,(H,25,27). The fourth-order valence-corrected chi connectivity index (χ4v) is 5.35. The number of pyridine rings is 1. The van der Waals surface area contributed by atoms with Crippen LogP contribution < -0.4 is 5.56 Å². The van der Waals surface area contributed by atoms with E-state index in [9.17, 15) is 17.6 Å². The highest BCUT2D eigenvalue weighted by Crippen LogP contribution is 2.22. The molecule has 1 atom stereocenters. The molecule has 0 bridgehead atoms. The molecule has 1 fully saturated rings. The van der Waals surface area contributed by atoms with Crippen molar-refractivity contribution in [3.05, 3.63) is 75.3 Å². The summed E-state index contributed by atoms with van der Waals surface area (Å²) in [6, 6.07) is 10.2. The van der Waals surface area contributed by atoms with E-state index in [1.54, 1.807) is 6.07 Å². The summed E-state index contributed by atoms with van der Waals surface area (Å²) in [6.07, 6.45) is -0.470. The van der Waals surface area contributed by atoms with Gasteiger partial charge in [-0.05, 0) is 61.4 Å². The van der Waals surface area contributed by atoms with E-state index in [0.717, 1.165) is 28.6 Å². The first-order chi connectivity index (χ1) is 15.2. The highest BCUT2D eigenvalue weighted by molar-refractivity contribution is 7.89. The van der Waals surface area contributed by atoms with Crippen molar-refractivity contribution in [2.45, 2.75) is 31.4 Å². The van der Waals surface area contributed by atoms with Gasteiger partial charge in [-0.25, -0.2) is 12.8 Å². The molecule has 2 aromatic carbocycles. The third-order valence-corrected chi connectivity index (χ3v) is 7.31. The van der Waals surface area contributed by atoms with E-state index in [4.69, 9.17) is 9.47 Å². The largest absolute Gasteiger partial charge is 0.376 e. The number of aryl methyl sites for hydroxylation is 2. The lowest BCUT2D eigenvalue weighted by Crippen LogP contribution is -2.43.